The maximum absolute atomic E-state index is 12.2. The first-order chi connectivity index (χ1) is 7.69. The molecule has 0 saturated carbocycles. The minimum absolute atomic E-state index is 0.402. The van der Waals surface area contributed by atoms with Crippen LogP contribution in [0.2, 0.25) is 0 Å². The predicted molar refractivity (Wildman–Crippen MR) is 53.7 cm³/mol. The summed E-state index contributed by atoms with van der Waals surface area (Å²) in [7, 11) is -4.16. The number of nitrogens with zero attached hydrogens (tertiary/aromatic N) is 2. The summed E-state index contributed by atoms with van der Waals surface area (Å²) in [6.45, 7) is 2.22. The van der Waals surface area contributed by atoms with Crippen molar-refractivity contribution in [2.24, 2.45) is 0 Å². The lowest BCUT2D eigenvalue weighted by atomic mass is 10.4. The van der Waals surface area contributed by atoms with Crippen molar-refractivity contribution >= 4 is 10.1 Å². The third-order valence-corrected chi connectivity index (χ3v) is 3.10. The molecule has 0 saturated heterocycles. The van der Waals surface area contributed by atoms with Crippen LogP contribution in [0.4, 0.5) is 13.2 Å². The van der Waals surface area contributed by atoms with Crippen LogP contribution in [0, 0.1) is 0 Å². The van der Waals surface area contributed by atoms with Crippen LogP contribution in [-0.2, 0) is 14.3 Å². The molecule has 17 heavy (non-hydrogen) atoms. The molecular formula is C8H13F3N2O3S. The summed E-state index contributed by atoms with van der Waals surface area (Å²) in [5.74, 6) is 0. The Morgan fingerprint density at radius 2 is 1.94 bits per heavy atom. The maximum atomic E-state index is 12.2. The largest absolute Gasteiger partial charge is 0.523 e. The quantitative estimate of drug-likeness (QED) is 0.570. The molecule has 1 unspecified atom stereocenters. The molecule has 1 atom stereocenters. The smallest absolute Gasteiger partial charge is 0.336 e. The normalized spacial score (nSPS) is 21.4. The lowest BCUT2D eigenvalue weighted by Crippen LogP contribution is -2.43. The van der Waals surface area contributed by atoms with Gasteiger partial charge in [-0.25, -0.2) is 4.18 Å². The van der Waals surface area contributed by atoms with Gasteiger partial charge in [0.15, 0.2) is 0 Å². The summed E-state index contributed by atoms with van der Waals surface area (Å²) < 4.78 is 62.4. The van der Waals surface area contributed by atoms with Gasteiger partial charge in [0.25, 0.3) is 0 Å². The molecule has 0 radical (unpaired) electrons. The zero-order valence-corrected chi connectivity index (χ0v) is 10.1. The second-order valence-corrected chi connectivity index (χ2v) is 5.09. The molecule has 9 heteroatoms. The van der Waals surface area contributed by atoms with Gasteiger partial charge in [0.2, 0.25) is 6.35 Å². The van der Waals surface area contributed by atoms with Crippen molar-refractivity contribution in [3.05, 3.63) is 12.4 Å². The molecular weight excluding hydrogens is 261 g/mol. The Balaban J connectivity index is 2.80. The van der Waals surface area contributed by atoms with Crippen LogP contribution >= 0.6 is 0 Å². The van der Waals surface area contributed by atoms with Gasteiger partial charge in [-0.2, -0.15) is 21.6 Å². The molecule has 0 spiro atoms. The number of halogens is 3. The molecule has 0 aromatic heterocycles. The van der Waals surface area contributed by atoms with Crippen LogP contribution in [0.15, 0.2) is 12.4 Å². The molecule has 1 rings (SSSR count). The van der Waals surface area contributed by atoms with E-state index in [1.165, 1.54) is 29.2 Å². The Morgan fingerprint density at radius 3 is 2.41 bits per heavy atom. The van der Waals surface area contributed by atoms with Gasteiger partial charge in [0, 0.05) is 26.0 Å². The van der Waals surface area contributed by atoms with Crippen molar-refractivity contribution in [2.75, 3.05) is 13.6 Å². The fourth-order valence-corrected chi connectivity index (χ4v) is 1.89. The highest BCUT2D eigenvalue weighted by Gasteiger charge is 2.50. The van der Waals surface area contributed by atoms with Crippen LogP contribution < -0.4 is 0 Å². The highest BCUT2D eigenvalue weighted by molar-refractivity contribution is 7.87. The molecule has 1 heterocycles. The second-order valence-electron chi connectivity index (χ2n) is 3.52. The fourth-order valence-electron chi connectivity index (χ4n) is 1.31. The number of hydrogen-bond donors (Lipinski definition) is 0. The molecule has 1 aliphatic heterocycles. The van der Waals surface area contributed by atoms with E-state index < -0.39 is 22.0 Å². The van der Waals surface area contributed by atoms with Crippen molar-refractivity contribution in [3.8, 4) is 0 Å². The average molecular weight is 274 g/mol. The van der Waals surface area contributed by atoms with Crippen molar-refractivity contribution < 1.29 is 25.8 Å². The van der Waals surface area contributed by atoms with Crippen LogP contribution in [-0.4, -0.2) is 43.7 Å². The monoisotopic (exact) mass is 274 g/mol. The van der Waals surface area contributed by atoms with E-state index in [4.69, 9.17) is 0 Å². The van der Waals surface area contributed by atoms with Crippen LogP contribution in [0.25, 0.3) is 0 Å². The number of hydrogen-bond acceptors (Lipinski definition) is 5. The molecule has 100 valence electrons. The molecule has 0 aliphatic carbocycles. The van der Waals surface area contributed by atoms with E-state index in [1.54, 1.807) is 0 Å². The predicted octanol–water partition coefficient (Wildman–Crippen LogP) is 1.26. The molecule has 1 aliphatic rings. The molecule has 0 aromatic rings. The van der Waals surface area contributed by atoms with Crippen LogP contribution in [0.1, 0.15) is 13.3 Å². The molecule has 0 bridgehead atoms. The molecule has 0 N–H and O–H groups in total. The standard InChI is InChI=1S/C8H13F3N2O3S/c1-3-4-13-6-5-12(2)7(13)16-17(14,15)8(9,10)11/h5-7H,3-4H2,1-2H3. The Bertz CT molecular complexity index is 393. The van der Waals surface area contributed by atoms with Gasteiger partial charge in [0.05, 0.1) is 0 Å². The van der Waals surface area contributed by atoms with Crippen molar-refractivity contribution in [2.45, 2.75) is 25.2 Å². The lowest BCUT2D eigenvalue weighted by molar-refractivity contribution is -0.0767. The first-order valence-corrected chi connectivity index (χ1v) is 6.25. The molecule has 0 amide bonds. The SMILES string of the molecule is CCCN1C=CN(C)C1OS(=O)(=O)C(F)(F)F. The van der Waals surface area contributed by atoms with Gasteiger partial charge in [-0.15, -0.1) is 0 Å². The zero-order valence-electron chi connectivity index (χ0n) is 9.31. The highest BCUT2D eigenvalue weighted by Crippen LogP contribution is 2.28. The van der Waals surface area contributed by atoms with E-state index in [0.29, 0.717) is 13.0 Å². The Morgan fingerprint density at radius 1 is 1.35 bits per heavy atom. The minimum atomic E-state index is -5.59. The van der Waals surface area contributed by atoms with Crippen molar-refractivity contribution in [1.82, 2.24) is 9.80 Å². The topological polar surface area (TPSA) is 49.9 Å². The maximum Gasteiger partial charge on any atom is 0.523 e. The van der Waals surface area contributed by atoms with E-state index in [1.807, 2.05) is 6.92 Å². The Kier molecular flexibility index (Phi) is 3.92. The van der Waals surface area contributed by atoms with Crippen molar-refractivity contribution in [3.63, 3.8) is 0 Å². The third-order valence-electron chi connectivity index (χ3n) is 2.10. The van der Waals surface area contributed by atoms with E-state index in [2.05, 4.69) is 4.18 Å². The van der Waals surface area contributed by atoms with E-state index in [0.717, 1.165) is 0 Å². The lowest BCUT2D eigenvalue weighted by Gasteiger charge is -2.29. The van der Waals surface area contributed by atoms with Gasteiger partial charge in [-0.05, 0) is 6.42 Å². The molecule has 0 fully saturated rings. The van der Waals surface area contributed by atoms with E-state index in [-0.39, 0.29) is 0 Å². The summed E-state index contributed by atoms with van der Waals surface area (Å²) in [6.07, 6.45) is 2.32. The first kappa shape index (κ1) is 14.1. The third kappa shape index (κ3) is 3.03. The summed E-state index contributed by atoms with van der Waals surface area (Å²) in [5.41, 5.74) is -5.41. The first-order valence-electron chi connectivity index (χ1n) is 4.84. The van der Waals surface area contributed by atoms with Gasteiger partial charge in [0.1, 0.15) is 0 Å². The van der Waals surface area contributed by atoms with E-state index >= 15 is 0 Å². The van der Waals surface area contributed by atoms with Gasteiger partial charge >= 0.3 is 15.6 Å². The van der Waals surface area contributed by atoms with Gasteiger partial charge in [-0.1, -0.05) is 6.92 Å². The van der Waals surface area contributed by atoms with Crippen LogP contribution in [0.5, 0.6) is 0 Å². The second kappa shape index (κ2) is 4.73. The fraction of sp³-hybridized carbons (Fsp3) is 0.750. The number of rotatable bonds is 4. The Labute approximate surface area is 97.6 Å². The van der Waals surface area contributed by atoms with Crippen LogP contribution in [0.3, 0.4) is 0 Å². The zero-order chi connectivity index (χ0) is 13.3. The van der Waals surface area contributed by atoms with Crippen molar-refractivity contribution in [1.29, 1.82) is 0 Å². The van der Waals surface area contributed by atoms with E-state index in [9.17, 15) is 21.6 Å². The summed E-state index contributed by atoms with van der Waals surface area (Å²) in [6, 6.07) is 0. The van der Waals surface area contributed by atoms with Gasteiger partial charge < -0.3 is 9.80 Å². The molecule has 5 nitrogen and oxygen atoms in total. The summed E-state index contributed by atoms with van der Waals surface area (Å²) in [4.78, 5) is 2.63. The summed E-state index contributed by atoms with van der Waals surface area (Å²) >= 11 is 0. The molecule has 0 aromatic carbocycles. The minimum Gasteiger partial charge on any atom is -0.336 e. The van der Waals surface area contributed by atoms with Gasteiger partial charge in [-0.3, -0.25) is 0 Å². The average Bonchev–Trinajstić information content (AvgIpc) is 2.48. The summed E-state index contributed by atoms with van der Waals surface area (Å²) in [5, 5.41) is 0. The Hall–Kier alpha value is -0.960. The highest BCUT2D eigenvalue weighted by atomic mass is 32.2. The number of alkyl halides is 3.